The number of hydrogen-bond acceptors (Lipinski definition) is 3. The normalized spacial score (nSPS) is 22.8. The van der Waals surface area contributed by atoms with Crippen LogP contribution in [0.4, 0.5) is 5.69 Å². The topological polar surface area (TPSA) is 30.5 Å². The van der Waals surface area contributed by atoms with Crippen molar-refractivity contribution in [3.63, 3.8) is 0 Å². The van der Waals surface area contributed by atoms with Gasteiger partial charge in [0.25, 0.3) is 0 Å². The molecule has 2 unspecified atom stereocenters. The van der Waals surface area contributed by atoms with E-state index in [2.05, 4.69) is 39.5 Å². The van der Waals surface area contributed by atoms with Crippen LogP contribution in [0.5, 0.6) is 11.5 Å². The molecule has 0 spiro atoms. The molecule has 0 radical (unpaired) electrons. The van der Waals surface area contributed by atoms with Gasteiger partial charge in [-0.1, -0.05) is 47.0 Å². The van der Waals surface area contributed by atoms with E-state index in [-0.39, 0.29) is 12.0 Å². The summed E-state index contributed by atoms with van der Waals surface area (Å²) in [4.78, 5) is 0. The maximum Gasteiger partial charge on any atom is 0.174 e. The monoisotopic (exact) mass is 487 g/mol. The first-order valence-corrected chi connectivity index (χ1v) is 10.4. The first-order valence-electron chi connectivity index (χ1n) is 8.48. The van der Waals surface area contributed by atoms with Crippen LogP contribution in [0.25, 0.3) is 0 Å². The zero-order valence-corrected chi connectivity index (χ0v) is 18.5. The molecule has 0 saturated carbocycles. The third-order valence-electron chi connectivity index (χ3n) is 5.30. The van der Waals surface area contributed by atoms with Gasteiger partial charge in [-0.05, 0) is 52.0 Å². The number of ether oxygens (including phenoxy) is 2. The summed E-state index contributed by atoms with van der Waals surface area (Å²) in [5, 5.41) is 5.22. The molecule has 1 heterocycles. The molecule has 1 aliphatic carbocycles. The lowest BCUT2D eigenvalue weighted by molar-refractivity contribution is 0.351. The summed E-state index contributed by atoms with van der Waals surface area (Å²) in [5.41, 5.74) is 2.91. The minimum absolute atomic E-state index is 0.0448. The Labute approximate surface area is 181 Å². The number of nitrogens with one attached hydrogen (secondary N) is 1. The number of rotatable bonds is 3. The highest BCUT2D eigenvalue weighted by atomic mass is 79.9. The first kappa shape index (κ1) is 19.3. The number of hydrogen-bond donors (Lipinski definition) is 1. The van der Waals surface area contributed by atoms with E-state index in [0.29, 0.717) is 32.5 Å². The number of allylic oxidation sites excluding steroid dienone is 2. The minimum atomic E-state index is 0.0448. The van der Waals surface area contributed by atoms with E-state index in [1.807, 2.05) is 6.07 Å². The van der Waals surface area contributed by atoms with Gasteiger partial charge in [0.15, 0.2) is 11.5 Å². The van der Waals surface area contributed by atoms with Crippen molar-refractivity contribution >= 4 is 56.4 Å². The van der Waals surface area contributed by atoms with Gasteiger partial charge in [0.05, 0.1) is 45.5 Å². The number of halogens is 4. The molecule has 7 heteroatoms. The van der Waals surface area contributed by atoms with Crippen LogP contribution in [-0.2, 0) is 0 Å². The Hall–Kier alpha value is -1.07. The summed E-state index contributed by atoms with van der Waals surface area (Å²) in [6, 6.07) is 5.80. The Kier molecular flexibility index (Phi) is 5.28. The fourth-order valence-corrected chi connectivity index (χ4v) is 5.54. The maximum atomic E-state index is 6.55. The lowest BCUT2D eigenvalue weighted by Crippen LogP contribution is -2.29. The van der Waals surface area contributed by atoms with E-state index in [9.17, 15) is 0 Å². The van der Waals surface area contributed by atoms with Crippen LogP contribution in [0.1, 0.15) is 29.5 Å². The second-order valence-electron chi connectivity index (χ2n) is 6.66. The molecule has 0 amide bonds. The fraction of sp³-hybridized carbons (Fsp3) is 0.300. The molecule has 2 aliphatic rings. The van der Waals surface area contributed by atoms with Crippen molar-refractivity contribution in [2.75, 3.05) is 19.5 Å². The van der Waals surface area contributed by atoms with Gasteiger partial charge >= 0.3 is 0 Å². The van der Waals surface area contributed by atoms with Crippen LogP contribution in [0.3, 0.4) is 0 Å². The van der Waals surface area contributed by atoms with Crippen molar-refractivity contribution in [2.45, 2.75) is 18.4 Å². The highest BCUT2D eigenvalue weighted by molar-refractivity contribution is 9.10. The molecule has 27 heavy (non-hydrogen) atoms. The minimum Gasteiger partial charge on any atom is -0.493 e. The van der Waals surface area contributed by atoms with E-state index in [0.717, 1.165) is 27.7 Å². The summed E-state index contributed by atoms with van der Waals surface area (Å²) in [6.45, 7) is 0. The average Bonchev–Trinajstić information content (AvgIpc) is 3.14. The first-order chi connectivity index (χ1) is 13.0. The number of anilines is 1. The molecular formula is C20H17BrCl3NO2. The maximum absolute atomic E-state index is 6.55. The molecule has 2 aromatic carbocycles. The van der Waals surface area contributed by atoms with Crippen molar-refractivity contribution < 1.29 is 9.47 Å². The average molecular weight is 490 g/mol. The number of fused-ring (bicyclic) bond motifs is 3. The third-order valence-corrected chi connectivity index (χ3v) is 6.99. The van der Waals surface area contributed by atoms with Gasteiger partial charge in [-0.3, -0.25) is 0 Å². The van der Waals surface area contributed by atoms with Gasteiger partial charge in [0, 0.05) is 11.5 Å². The van der Waals surface area contributed by atoms with Crippen LogP contribution < -0.4 is 14.8 Å². The summed E-state index contributed by atoms with van der Waals surface area (Å²) >= 11 is 22.9. The van der Waals surface area contributed by atoms with E-state index >= 15 is 0 Å². The molecule has 0 fully saturated rings. The lowest BCUT2D eigenvalue weighted by Gasteiger charge is -2.38. The molecule has 3 nitrogen and oxygen atoms in total. The molecule has 0 bridgehead atoms. The fourth-order valence-electron chi connectivity index (χ4n) is 4.11. The Bertz CT molecular complexity index is 948. The summed E-state index contributed by atoms with van der Waals surface area (Å²) in [6.07, 6.45) is 5.33. The quantitative estimate of drug-likeness (QED) is 0.364. The Morgan fingerprint density at radius 3 is 2.56 bits per heavy atom. The van der Waals surface area contributed by atoms with Crippen LogP contribution in [-0.4, -0.2) is 14.2 Å². The van der Waals surface area contributed by atoms with Gasteiger partial charge in [-0.15, -0.1) is 0 Å². The summed E-state index contributed by atoms with van der Waals surface area (Å²) in [5.74, 6) is 1.81. The molecule has 1 N–H and O–H groups in total. The third kappa shape index (κ3) is 3.11. The highest BCUT2D eigenvalue weighted by Gasteiger charge is 2.41. The van der Waals surface area contributed by atoms with Crippen molar-refractivity contribution in [2.24, 2.45) is 5.92 Å². The molecule has 0 saturated heterocycles. The highest BCUT2D eigenvalue weighted by Crippen LogP contribution is 2.55. The number of methoxy groups -OCH3 is 2. The van der Waals surface area contributed by atoms with Crippen molar-refractivity contribution in [3.8, 4) is 11.5 Å². The van der Waals surface area contributed by atoms with Crippen LogP contribution in [0.2, 0.25) is 15.1 Å². The van der Waals surface area contributed by atoms with Crippen molar-refractivity contribution in [1.82, 2.24) is 0 Å². The zero-order chi connectivity index (χ0) is 19.3. The lowest BCUT2D eigenvalue weighted by atomic mass is 9.77. The molecule has 0 aromatic heterocycles. The molecule has 142 valence electrons. The second kappa shape index (κ2) is 7.40. The SMILES string of the molecule is COc1cc([C@H]2Nc3c(Cl)cc(Cl)c(Cl)c3C3C=CCC32)cc(Br)c1OC. The largest absolute Gasteiger partial charge is 0.493 e. The predicted molar refractivity (Wildman–Crippen MR) is 115 cm³/mol. The van der Waals surface area contributed by atoms with E-state index in [1.54, 1.807) is 20.3 Å². The molecule has 4 rings (SSSR count). The van der Waals surface area contributed by atoms with Crippen LogP contribution >= 0.6 is 50.7 Å². The van der Waals surface area contributed by atoms with Crippen molar-refractivity contribution in [1.29, 1.82) is 0 Å². The predicted octanol–water partition coefficient (Wildman–Crippen LogP) is 7.25. The van der Waals surface area contributed by atoms with Crippen LogP contribution in [0.15, 0.2) is 34.8 Å². The molecular weight excluding hydrogens is 472 g/mol. The van der Waals surface area contributed by atoms with Gasteiger partial charge in [-0.2, -0.15) is 0 Å². The Morgan fingerprint density at radius 2 is 1.85 bits per heavy atom. The van der Waals surface area contributed by atoms with E-state index < -0.39 is 0 Å². The Balaban J connectivity index is 1.85. The van der Waals surface area contributed by atoms with E-state index in [4.69, 9.17) is 44.3 Å². The zero-order valence-electron chi connectivity index (χ0n) is 14.7. The molecule has 1 aliphatic heterocycles. The molecule has 3 atom stereocenters. The van der Waals surface area contributed by atoms with E-state index in [1.165, 1.54) is 0 Å². The number of benzene rings is 2. The molecule has 2 aromatic rings. The summed E-state index contributed by atoms with van der Waals surface area (Å²) < 4.78 is 11.8. The van der Waals surface area contributed by atoms with Gasteiger partial charge in [0.2, 0.25) is 0 Å². The smallest absolute Gasteiger partial charge is 0.174 e. The Morgan fingerprint density at radius 1 is 1.07 bits per heavy atom. The van der Waals surface area contributed by atoms with Gasteiger partial charge in [0.1, 0.15) is 0 Å². The second-order valence-corrected chi connectivity index (χ2v) is 8.70. The van der Waals surface area contributed by atoms with Gasteiger partial charge < -0.3 is 14.8 Å². The summed E-state index contributed by atoms with van der Waals surface area (Å²) in [7, 11) is 3.26. The van der Waals surface area contributed by atoms with Crippen molar-refractivity contribution in [3.05, 3.63) is 61.0 Å². The standard InChI is InChI=1S/C20H17BrCl3NO2/c1-26-15-7-9(6-12(21)20(15)27-2)18-11-5-3-4-10(11)16-17(24)13(22)8-14(23)19(16)25-18/h3-4,6-8,10-11,18,25H,5H2,1-2H3/t10?,11?,18-/m1/s1. The van der Waals surface area contributed by atoms with Crippen LogP contribution in [0, 0.1) is 5.92 Å². The van der Waals surface area contributed by atoms with Gasteiger partial charge in [-0.25, -0.2) is 0 Å².